The number of carboxylic acid groups (broad SMARTS) is 1. The van der Waals surface area contributed by atoms with Crippen LogP contribution in [0, 0.1) is 0 Å². The summed E-state index contributed by atoms with van der Waals surface area (Å²) in [5.41, 5.74) is 0.755. The van der Waals surface area contributed by atoms with E-state index in [9.17, 15) is 13.2 Å². The normalized spacial score (nSPS) is 15.2. The summed E-state index contributed by atoms with van der Waals surface area (Å²) in [5, 5.41) is 9.84. The average molecular weight is 446 g/mol. The van der Waals surface area contributed by atoms with Gasteiger partial charge < -0.3 is 19.5 Å². The smallest absolute Gasteiger partial charge is 0.407 e. The molecule has 31 heavy (non-hydrogen) atoms. The number of piperidine rings is 1. The maximum Gasteiger partial charge on any atom is 0.407 e. The number of aromatic nitrogens is 3. The van der Waals surface area contributed by atoms with E-state index in [2.05, 4.69) is 9.97 Å². The highest BCUT2D eigenvalue weighted by Gasteiger charge is 2.26. The van der Waals surface area contributed by atoms with Gasteiger partial charge in [-0.25, -0.2) is 18.2 Å². The van der Waals surface area contributed by atoms with Gasteiger partial charge in [0.15, 0.2) is 15.7 Å². The van der Waals surface area contributed by atoms with Gasteiger partial charge in [-0.3, -0.25) is 4.57 Å². The number of nitrogens with zero attached hydrogens (tertiary/aromatic N) is 4. The van der Waals surface area contributed by atoms with Crippen LogP contribution in [-0.2, 0) is 9.84 Å². The summed E-state index contributed by atoms with van der Waals surface area (Å²) in [6, 6.07) is 6.68. The van der Waals surface area contributed by atoms with Gasteiger partial charge in [-0.2, -0.15) is 4.98 Å². The second-order valence-electron chi connectivity index (χ2n) is 7.30. The van der Waals surface area contributed by atoms with E-state index >= 15 is 0 Å². The molecule has 0 radical (unpaired) electrons. The van der Waals surface area contributed by atoms with Crippen LogP contribution in [0.25, 0.3) is 16.7 Å². The van der Waals surface area contributed by atoms with Crippen LogP contribution in [0.5, 0.6) is 11.6 Å². The molecule has 0 unspecified atom stereocenters. The number of hydrogen-bond acceptors (Lipinski definition) is 7. The Hall–Kier alpha value is -3.34. The van der Waals surface area contributed by atoms with Crippen molar-refractivity contribution in [1.29, 1.82) is 0 Å². The third-order valence-corrected chi connectivity index (χ3v) is 6.38. The van der Waals surface area contributed by atoms with Crippen LogP contribution in [-0.4, -0.2) is 71.6 Å². The van der Waals surface area contributed by atoms with E-state index < -0.39 is 15.9 Å². The molecule has 2 aromatic heterocycles. The fourth-order valence-electron chi connectivity index (χ4n) is 3.64. The number of sulfone groups is 1. The van der Waals surface area contributed by atoms with Gasteiger partial charge >= 0.3 is 6.09 Å². The van der Waals surface area contributed by atoms with Crippen LogP contribution in [0.4, 0.5) is 4.79 Å². The lowest BCUT2D eigenvalue weighted by Gasteiger charge is -2.30. The third kappa shape index (κ3) is 4.13. The predicted octanol–water partition coefficient (Wildman–Crippen LogP) is 2.35. The quantitative estimate of drug-likeness (QED) is 0.633. The van der Waals surface area contributed by atoms with Crippen molar-refractivity contribution in [2.45, 2.75) is 23.8 Å². The molecule has 0 spiro atoms. The largest absolute Gasteiger partial charge is 0.489 e. The Morgan fingerprint density at radius 1 is 1.19 bits per heavy atom. The Morgan fingerprint density at radius 2 is 1.94 bits per heavy atom. The molecule has 1 fully saturated rings. The number of likely N-dealkylation sites (tertiary alicyclic amines) is 1. The van der Waals surface area contributed by atoms with Gasteiger partial charge in [-0.15, -0.1) is 0 Å². The first-order chi connectivity index (χ1) is 14.8. The molecule has 1 amide bonds. The fourth-order valence-corrected chi connectivity index (χ4v) is 4.30. The first-order valence-corrected chi connectivity index (χ1v) is 11.5. The number of ether oxygens (including phenoxy) is 2. The van der Waals surface area contributed by atoms with Crippen molar-refractivity contribution >= 4 is 26.8 Å². The lowest BCUT2D eigenvalue weighted by atomic mass is 10.1. The van der Waals surface area contributed by atoms with Gasteiger partial charge in [0.1, 0.15) is 12.4 Å². The van der Waals surface area contributed by atoms with E-state index in [4.69, 9.17) is 14.6 Å². The highest BCUT2D eigenvalue weighted by molar-refractivity contribution is 7.90. The van der Waals surface area contributed by atoms with Crippen molar-refractivity contribution in [1.82, 2.24) is 19.4 Å². The molecular weight excluding hydrogens is 424 g/mol. The third-order valence-electron chi connectivity index (χ3n) is 5.27. The number of benzene rings is 1. The average Bonchev–Trinajstić information content (AvgIpc) is 3.16. The molecule has 11 heteroatoms. The van der Waals surface area contributed by atoms with Crippen molar-refractivity contribution in [3.63, 3.8) is 0 Å². The Bertz CT molecular complexity index is 1230. The maximum absolute atomic E-state index is 11.8. The number of methoxy groups -OCH3 is 1. The Labute approximate surface area is 179 Å². The minimum absolute atomic E-state index is 0.189. The number of rotatable bonds is 5. The van der Waals surface area contributed by atoms with Gasteiger partial charge in [0, 0.05) is 43.8 Å². The summed E-state index contributed by atoms with van der Waals surface area (Å²) in [7, 11) is -1.82. The first kappa shape index (κ1) is 20.9. The molecule has 1 aromatic carbocycles. The molecule has 1 N–H and O–H groups in total. The summed E-state index contributed by atoms with van der Waals surface area (Å²) < 4.78 is 37.1. The lowest BCUT2D eigenvalue weighted by molar-refractivity contribution is 0.0851. The minimum Gasteiger partial charge on any atom is -0.489 e. The summed E-state index contributed by atoms with van der Waals surface area (Å²) in [6.07, 6.45) is 4.30. The van der Waals surface area contributed by atoms with Crippen molar-refractivity contribution in [3.8, 4) is 17.4 Å². The fraction of sp³-hybridized carbons (Fsp3) is 0.350. The van der Waals surface area contributed by atoms with Gasteiger partial charge in [0.2, 0.25) is 5.75 Å². The standard InChI is InChI=1S/C20H22N4O6S/c1-29-17-18(24-10-5-13-11-15(31(2,27)28)3-4-16(13)24)21-12-22-19(17)30-14-6-8-23(9-7-14)20(25)26/h3-5,10-12,14H,6-9H2,1-2H3,(H,25,26). The molecular formula is C20H22N4O6S. The highest BCUT2D eigenvalue weighted by Crippen LogP contribution is 2.34. The zero-order valence-electron chi connectivity index (χ0n) is 17.1. The van der Waals surface area contributed by atoms with Gasteiger partial charge in [-0.1, -0.05) is 0 Å². The molecule has 1 aliphatic heterocycles. The van der Waals surface area contributed by atoms with Gasteiger partial charge in [0.05, 0.1) is 17.5 Å². The van der Waals surface area contributed by atoms with E-state index in [1.165, 1.54) is 24.6 Å². The summed E-state index contributed by atoms with van der Waals surface area (Å²) in [5.74, 6) is 1.07. The summed E-state index contributed by atoms with van der Waals surface area (Å²) >= 11 is 0. The summed E-state index contributed by atoms with van der Waals surface area (Å²) in [6.45, 7) is 0.788. The number of amides is 1. The Balaban J connectivity index is 1.65. The van der Waals surface area contributed by atoms with E-state index in [1.807, 2.05) is 0 Å². The van der Waals surface area contributed by atoms with Crippen LogP contribution < -0.4 is 9.47 Å². The highest BCUT2D eigenvalue weighted by atomic mass is 32.2. The molecule has 0 aliphatic carbocycles. The maximum atomic E-state index is 11.8. The molecule has 0 saturated carbocycles. The van der Waals surface area contributed by atoms with E-state index in [0.29, 0.717) is 37.5 Å². The van der Waals surface area contributed by atoms with Crippen molar-refractivity contribution in [3.05, 3.63) is 36.8 Å². The van der Waals surface area contributed by atoms with Crippen molar-refractivity contribution < 1.29 is 27.8 Å². The first-order valence-electron chi connectivity index (χ1n) is 9.63. The van der Waals surface area contributed by atoms with Crippen LogP contribution in [0.2, 0.25) is 0 Å². The van der Waals surface area contributed by atoms with E-state index in [-0.39, 0.29) is 16.9 Å². The molecule has 1 saturated heterocycles. The van der Waals surface area contributed by atoms with E-state index in [1.54, 1.807) is 35.0 Å². The van der Waals surface area contributed by atoms with Crippen LogP contribution in [0.3, 0.4) is 0 Å². The topological polar surface area (TPSA) is 124 Å². The number of hydrogen-bond donors (Lipinski definition) is 1. The van der Waals surface area contributed by atoms with Crippen LogP contribution in [0.15, 0.2) is 41.7 Å². The van der Waals surface area contributed by atoms with Crippen molar-refractivity contribution in [2.75, 3.05) is 26.5 Å². The predicted molar refractivity (Wildman–Crippen MR) is 112 cm³/mol. The summed E-state index contributed by atoms with van der Waals surface area (Å²) in [4.78, 5) is 21.2. The van der Waals surface area contributed by atoms with Gasteiger partial charge in [-0.05, 0) is 24.3 Å². The minimum atomic E-state index is -3.31. The molecule has 164 valence electrons. The molecule has 3 heterocycles. The van der Waals surface area contributed by atoms with Gasteiger partial charge in [0.25, 0.3) is 5.88 Å². The number of carbonyl (C=O) groups is 1. The monoisotopic (exact) mass is 446 g/mol. The number of fused-ring (bicyclic) bond motifs is 1. The zero-order chi connectivity index (χ0) is 22.2. The lowest BCUT2D eigenvalue weighted by Crippen LogP contribution is -2.41. The Kier molecular flexibility index (Phi) is 5.44. The van der Waals surface area contributed by atoms with Crippen LogP contribution >= 0.6 is 0 Å². The SMILES string of the molecule is COc1c(OC2CCN(C(=O)O)CC2)ncnc1-n1ccc2cc(S(C)(=O)=O)ccc21. The molecule has 0 atom stereocenters. The Morgan fingerprint density at radius 3 is 2.58 bits per heavy atom. The molecule has 4 rings (SSSR count). The zero-order valence-corrected chi connectivity index (χ0v) is 17.9. The van der Waals surface area contributed by atoms with E-state index in [0.717, 1.165) is 10.9 Å². The second-order valence-corrected chi connectivity index (χ2v) is 9.32. The van der Waals surface area contributed by atoms with Crippen LogP contribution in [0.1, 0.15) is 12.8 Å². The molecule has 3 aromatic rings. The molecule has 0 bridgehead atoms. The molecule has 10 nitrogen and oxygen atoms in total. The molecule has 1 aliphatic rings. The van der Waals surface area contributed by atoms with Crippen molar-refractivity contribution in [2.24, 2.45) is 0 Å². The second kappa shape index (κ2) is 8.06.